The number of esters is 1. The average molecular weight is 376 g/mol. The van der Waals surface area contributed by atoms with Gasteiger partial charge in [0.1, 0.15) is 11.5 Å². The minimum absolute atomic E-state index is 0.245. The molecule has 0 unspecified atom stereocenters. The molecule has 7 heteroatoms. The summed E-state index contributed by atoms with van der Waals surface area (Å²) in [4.78, 5) is 34.2. The van der Waals surface area contributed by atoms with E-state index in [9.17, 15) is 9.59 Å². The fourth-order valence-electron chi connectivity index (χ4n) is 2.50. The van der Waals surface area contributed by atoms with Crippen molar-refractivity contribution in [2.45, 2.75) is 6.92 Å². The smallest absolute Gasteiger partial charge is 0.338 e. The molecule has 3 rings (SSSR count). The van der Waals surface area contributed by atoms with Crippen molar-refractivity contribution in [1.82, 2.24) is 9.97 Å². The maximum atomic E-state index is 12.5. The number of carbonyl (C=O) groups is 2. The Bertz CT molecular complexity index is 942. The summed E-state index contributed by atoms with van der Waals surface area (Å²) >= 11 is 0. The third-order valence-corrected chi connectivity index (χ3v) is 3.99. The monoisotopic (exact) mass is 376 g/mol. The Morgan fingerprint density at radius 1 is 1.00 bits per heavy atom. The highest BCUT2D eigenvalue weighted by molar-refractivity contribution is 6.04. The van der Waals surface area contributed by atoms with Gasteiger partial charge in [0.2, 0.25) is 0 Å². The summed E-state index contributed by atoms with van der Waals surface area (Å²) in [7, 11) is 1.69. The van der Waals surface area contributed by atoms with Crippen molar-refractivity contribution in [2.24, 2.45) is 0 Å². The summed E-state index contributed by atoms with van der Waals surface area (Å²) in [5.41, 5.74) is 2.24. The van der Waals surface area contributed by atoms with E-state index in [0.29, 0.717) is 18.0 Å². The lowest BCUT2D eigenvalue weighted by Gasteiger charge is -2.16. The number of hydrogen-bond acceptors (Lipinski definition) is 6. The van der Waals surface area contributed by atoms with E-state index in [2.05, 4.69) is 15.3 Å². The van der Waals surface area contributed by atoms with Crippen molar-refractivity contribution in [3.8, 4) is 0 Å². The minimum Gasteiger partial charge on any atom is -0.462 e. The molecule has 1 amide bonds. The Hall–Kier alpha value is -3.74. The van der Waals surface area contributed by atoms with E-state index in [0.717, 1.165) is 11.4 Å². The van der Waals surface area contributed by atoms with Crippen LogP contribution in [0, 0.1) is 0 Å². The van der Waals surface area contributed by atoms with Crippen LogP contribution < -0.4 is 10.2 Å². The normalized spacial score (nSPS) is 10.2. The highest BCUT2D eigenvalue weighted by Gasteiger charge is 2.15. The predicted octanol–water partition coefficient (Wildman–Crippen LogP) is 3.67. The van der Waals surface area contributed by atoms with Crippen LogP contribution in [0.4, 0.5) is 17.2 Å². The van der Waals surface area contributed by atoms with Crippen LogP contribution in [0.1, 0.15) is 27.8 Å². The van der Waals surface area contributed by atoms with Gasteiger partial charge in [-0.2, -0.15) is 0 Å². The molecule has 1 aromatic heterocycles. The van der Waals surface area contributed by atoms with Gasteiger partial charge in [-0.1, -0.05) is 18.2 Å². The van der Waals surface area contributed by atoms with Crippen molar-refractivity contribution < 1.29 is 14.3 Å². The number of rotatable bonds is 6. The van der Waals surface area contributed by atoms with Crippen molar-refractivity contribution in [2.75, 3.05) is 23.9 Å². The number of anilines is 3. The maximum absolute atomic E-state index is 12.5. The molecular formula is C21H20N4O3. The Morgan fingerprint density at radius 3 is 2.32 bits per heavy atom. The molecule has 3 aromatic rings. The number of benzene rings is 2. The van der Waals surface area contributed by atoms with Crippen LogP contribution in [0.25, 0.3) is 0 Å². The average Bonchev–Trinajstić information content (AvgIpc) is 2.74. The molecule has 0 saturated heterocycles. The molecule has 7 nitrogen and oxygen atoms in total. The van der Waals surface area contributed by atoms with Gasteiger partial charge in [0, 0.05) is 18.4 Å². The molecule has 1 N–H and O–H groups in total. The summed E-state index contributed by atoms with van der Waals surface area (Å²) in [5, 5.41) is 3.08. The number of hydrogen-bond donors (Lipinski definition) is 1. The Kier molecular flexibility index (Phi) is 5.96. The van der Waals surface area contributed by atoms with Gasteiger partial charge in [-0.3, -0.25) is 4.79 Å². The first kappa shape index (κ1) is 19.0. The lowest BCUT2D eigenvalue weighted by atomic mass is 10.2. The molecule has 0 aliphatic carbocycles. The zero-order valence-electron chi connectivity index (χ0n) is 15.6. The molecule has 0 atom stereocenters. The second-order valence-corrected chi connectivity index (χ2v) is 5.91. The van der Waals surface area contributed by atoms with Gasteiger partial charge in [-0.05, 0) is 43.3 Å². The van der Waals surface area contributed by atoms with Gasteiger partial charge in [0.25, 0.3) is 5.91 Å². The topological polar surface area (TPSA) is 84.4 Å². The van der Waals surface area contributed by atoms with Crippen LogP contribution in [0.2, 0.25) is 0 Å². The standard InChI is InChI=1S/C21H20N4O3/c1-3-28-21(27)15-9-11-16(12-10-15)24-19-14-22-18(13-23-19)20(26)25(2)17-7-5-4-6-8-17/h4-14H,3H2,1-2H3,(H,23,24). The summed E-state index contributed by atoms with van der Waals surface area (Å²) in [6, 6.07) is 16.1. The Morgan fingerprint density at radius 2 is 1.71 bits per heavy atom. The first-order chi connectivity index (χ1) is 13.6. The van der Waals surface area contributed by atoms with Gasteiger partial charge in [-0.25, -0.2) is 14.8 Å². The largest absolute Gasteiger partial charge is 0.462 e. The van der Waals surface area contributed by atoms with E-state index >= 15 is 0 Å². The minimum atomic E-state index is -0.362. The summed E-state index contributed by atoms with van der Waals surface area (Å²) in [6.45, 7) is 2.09. The quantitative estimate of drug-likeness (QED) is 0.661. The van der Waals surface area contributed by atoms with Crippen LogP contribution >= 0.6 is 0 Å². The highest BCUT2D eigenvalue weighted by Crippen LogP contribution is 2.17. The van der Waals surface area contributed by atoms with E-state index in [1.165, 1.54) is 17.3 Å². The van der Waals surface area contributed by atoms with E-state index < -0.39 is 0 Å². The lowest BCUT2D eigenvalue weighted by Crippen LogP contribution is -2.27. The number of nitrogens with one attached hydrogen (secondary N) is 1. The summed E-state index contributed by atoms with van der Waals surface area (Å²) in [6.07, 6.45) is 2.92. The first-order valence-corrected chi connectivity index (χ1v) is 8.78. The third-order valence-electron chi connectivity index (χ3n) is 3.99. The van der Waals surface area contributed by atoms with Crippen LogP contribution in [0.5, 0.6) is 0 Å². The van der Waals surface area contributed by atoms with Gasteiger partial charge < -0.3 is 15.0 Å². The van der Waals surface area contributed by atoms with E-state index in [1.807, 2.05) is 30.3 Å². The molecule has 0 saturated carbocycles. The van der Waals surface area contributed by atoms with Gasteiger partial charge in [0.05, 0.1) is 24.6 Å². The molecule has 0 aliphatic rings. The van der Waals surface area contributed by atoms with Crippen LogP contribution in [0.15, 0.2) is 67.0 Å². The van der Waals surface area contributed by atoms with Crippen LogP contribution in [-0.4, -0.2) is 35.5 Å². The number of para-hydroxylation sites is 1. The molecule has 0 radical (unpaired) electrons. The molecular weight excluding hydrogens is 356 g/mol. The number of aromatic nitrogens is 2. The zero-order valence-corrected chi connectivity index (χ0v) is 15.6. The number of nitrogens with zero attached hydrogens (tertiary/aromatic N) is 3. The predicted molar refractivity (Wildman–Crippen MR) is 107 cm³/mol. The second-order valence-electron chi connectivity index (χ2n) is 5.91. The van der Waals surface area contributed by atoms with Crippen molar-refractivity contribution >= 4 is 29.1 Å². The van der Waals surface area contributed by atoms with Gasteiger partial charge in [0.15, 0.2) is 0 Å². The van der Waals surface area contributed by atoms with E-state index in [-0.39, 0.29) is 17.6 Å². The molecule has 1 heterocycles. The Balaban J connectivity index is 1.66. The van der Waals surface area contributed by atoms with Crippen molar-refractivity contribution in [1.29, 1.82) is 0 Å². The molecule has 142 valence electrons. The third kappa shape index (κ3) is 4.50. The maximum Gasteiger partial charge on any atom is 0.338 e. The molecule has 28 heavy (non-hydrogen) atoms. The molecule has 2 aromatic carbocycles. The molecule has 0 spiro atoms. The number of ether oxygens (including phenoxy) is 1. The lowest BCUT2D eigenvalue weighted by molar-refractivity contribution is 0.0526. The summed E-state index contributed by atoms with van der Waals surface area (Å²) in [5.74, 6) is -0.119. The SMILES string of the molecule is CCOC(=O)c1ccc(Nc2cnc(C(=O)N(C)c3ccccc3)cn2)cc1. The van der Waals surface area contributed by atoms with E-state index in [4.69, 9.17) is 4.74 Å². The number of amides is 1. The van der Waals surface area contributed by atoms with Gasteiger partial charge in [-0.15, -0.1) is 0 Å². The van der Waals surface area contributed by atoms with Gasteiger partial charge >= 0.3 is 5.97 Å². The Labute approximate surface area is 163 Å². The van der Waals surface area contributed by atoms with Crippen molar-refractivity contribution in [3.05, 3.63) is 78.2 Å². The number of carbonyl (C=O) groups excluding carboxylic acids is 2. The van der Waals surface area contributed by atoms with E-state index in [1.54, 1.807) is 38.2 Å². The van der Waals surface area contributed by atoms with Crippen LogP contribution in [0.3, 0.4) is 0 Å². The molecule has 0 aliphatic heterocycles. The highest BCUT2D eigenvalue weighted by atomic mass is 16.5. The second kappa shape index (κ2) is 8.77. The zero-order chi connectivity index (χ0) is 19.9. The molecule has 0 bridgehead atoms. The molecule has 0 fully saturated rings. The first-order valence-electron chi connectivity index (χ1n) is 8.78. The van der Waals surface area contributed by atoms with Crippen molar-refractivity contribution in [3.63, 3.8) is 0 Å². The van der Waals surface area contributed by atoms with Crippen LogP contribution in [-0.2, 0) is 4.74 Å². The fraction of sp³-hybridized carbons (Fsp3) is 0.143. The summed E-state index contributed by atoms with van der Waals surface area (Å²) < 4.78 is 4.96. The fourth-order valence-corrected chi connectivity index (χ4v) is 2.50.